The van der Waals surface area contributed by atoms with E-state index in [-0.39, 0.29) is 5.41 Å². The number of aromatic nitrogens is 3. The third-order valence-corrected chi connectivity index (χ3v) is 15.6. The molecule has 11 aromatic carbocycles. The lowest BCUT2D eigenvalue weighted by Crippen LogP contribution is -2.14. The van der Waals surface area contributed by atoms with E-state index in [1.165, 1.54) is 49.6 Å². The Morgan fingerprint density at radius 3 is 1.50 bits per heavy atom. The Kier molecular flexibility index (Phi) is 10.9. The molecule has 3 nitrogen and oxygen atoms in total. The van der Waals surface area contributed by atoms with Crippen molar-refractivity contribution < 1.29 is 0 Å². The van der Waals surface area contributed by atoms with Gasteiger partial charge >= 0.3 is 0 Å². The quantitative estimate of drug-likeness (QED) is 0.144. The van der Waals surface area contributed by atoms with Gasteiger partial charge in [0, 0.05) is 38.6 Å². The summed E-state index contributed by atoms with van der Waals surface area (Å²) in [4.78, 5) is 10.6. The minimum Gasteiger partial charge on any atom is -0.309 e. The van der Waals surface area contributed by atoms with Crippen molar-refractivity contribution in [3.8, 4) is 106 Å². The third kappa shape index (κ3) is 7.67. The van der Waals surface area contributed by atoms with Crippen molar-refractivity contribution >= 4 is 21.8 Å². The molecule has 0 spiro atoms. The van der Waals surface area contributed by atoms with Crippen LogP contribution in [0.4, 0.5) is 0 Å². The number of rotatable bonds is 9. The molecule has 3 heteroatoms. The first-order valence-corrected chi connectivity index (χ1v) is 26.2. The van der Waals surface area contributed by atoms with E-state index in [4.69, 9.17) is 9.97 Å². The predicted molar refractivity (Wildman–Crippen MR) is 317 cm³/mol. The fraction of sp³-hybridized carbons (Fsp3) is 0.0411. The second kappa shape index (κ2) is 18.3. The van der Waals surface area contributed by atoms with Crippen LogP contribution in [0.1, 0.15) is 25.0 Å². The lowest BCUT2D eigenvalue weighted by molar-refractivity contribution is 0.661. The van der Waals surface area contributed by atoms with Crippen molar-refractivity contribution in [3.63, 3.8) is 0 Å². The molecular formula is C73H51N3. The largest absolute Gasteiger partial charge is 0.309 e. The maximum absolute atomic E-state index is 5.30. The molecule has 0 fully saturated rings. The lowest BCUT2D eigenvalue weighted by Gasteiger charge is -2.22. The van der Waals surface area contributed by atoms with Crippen LogP contribution in [0.25, 0.3) is 128 Å². The van der Waals surface area contributed by atoms with Gasteiger partial charge in [0.05, 0.1) is 22.4 Å². The first-order valence-electron chi connectivity index (χ1n) is 26.2. The Bertz CT molecular complexity index is 4270. The molecule has 358 valence electrons. The lowest BCUT2D eigenvalue weighted by atomic mass is 9.82. The molecule has 13 aromatic rings. The number of nitrogens with zero attached hydrogens (tertiary/aromatic N) is 3. The van der Waals surface area contributed by atoms with Gasteiger partial charge in [-0.25, -0.2) is 9.97 Å². The van der Waals surface area contributed by atoms with Gasteiger partial charge in [0.2, 0.25) is 0 Å². The summed E-state index contributed by atoms with van der Waals surface area (Å²) >= 11 is 0. The van der Waals surface area contributed by atoms with E-state index < -0.39 is 0 Å². The Labute approximate surface area is 443 Å². The Hall–Kier alpha value is -9.70. The smallest absolute Gasteiger partial charge is 0.160 e. The molecule has 0 N–H and O–H groups in total. The maximum atomic E-state index is 5.30. The summed E-state index contributed by atoms with van der Waals surface area (Å²) in [5.74, 6) is 0.671. The SMILES string of the molecule is CC1(C)c2ccccc2-c2cc3c4ccccc4n(-c4ccc(-c5cc(-c6ccccc6)cc(-c6ccccc6-c6ccccc6)c5-c5cccc(-c6nc(-c7ccccc7)cc(-c7ccccc7)n6)c5)cc4)c3cc21. The summed E-state index contributed by atoms with van der Waals surface area (Å²) in [6, 6.07) is 99.0. The molecule has 0 unspecified atom stereocenters. The van der Waals surface area contributed by atoms with Gasteiger partial charge in [-0.15, -0.1) is 0 Å². The fourth-order valence-corrected chi connectivity index (χ4v) is 11.9. The van der Waals surface area contributed by atoms with Crippen LogP contribution in [0.15, 0.2) is 273 Å². The molecule has 0 aliphatic heterocycles. The van der Waals surface area contributed by atoms with Gasteiger partial charge < -0.3 is 4.57 Å². The minimum absolute atomic E-state index is 0.124. The summed E-state index contributed by atoms with van der Waals surface area (Å²) in [6.45, 7) is 4.73. The van der Waals surface area contributed by atoms with Gasteiger partial charge in [0.15, 0.2) is 5.82 Å². The summed E-state index contributed by atoms with van der Waals surface area (Å²) in [5, 5.41) is 2.51. The van der Waals surface area contributed by atoms with E-state index >= 15 is 0 Å². The molecule has 76 heavy (non-hydrogen) atoms. The second-order valence-electron chi connectivity index (χ2n) is 20.5. The van der Waals surface area contributed by atoms with Crippen LogP contribution in [0.2, 0.25) is 0 Å². The highest BCUT2D eigenvalue weighted by Crippen LogP contribution is 2.52. The average Bonchev–Trinajstić information content (AvgIpc) is 3.97. The molecule has 0 radical (unpaired) electrons. The van der Waals surface area contributed by atoms with Crippen LogP contribution < -0.4 is 0 Å². The van der Waals surface area contributed by atoms with Crippen molar-refractivity contribution in [1.82, 2.24) is 14.5 Å². The number of benzene rings is 11. The summed E-state index contributed by atoms with van der Waals surface area (Å²) in [6.07, 6.45) is 0. The highest BCUT2D eigenvalue weighted by atomic mass is 15.0. The standard InChI is InChI=1S/C73H51N3/c1-73(2)65-36-19-17-34-59(65)62-45-63-60-35-18-20-37-69(60)76(70(63)46-66(62)73)56-40-38-50(39-41-56)61-43-55(48-22-7-3-8-23-48)44-64(58-33-16-15-32-57(58)49-24-9-4-10-25-49)71(61)53-30-21-31-54(42-53)72-74-67(51-26-11-5-12-27-51)47-68(75-72)52-28-13-6-14-29-52/h3-47H,1-2H3. The summed E-state index contributed by atoms with van der Waals surface area (Å²) < 4.78 is 2.47. The highest BCUT2D eigenvalue weighted by Gasteiger charge is 2.36. The van der Waals surface area contributed by atoms with Gasteiger partial charge in [-0.05, 0) is 132 Å². The molecule has 2 heterocycles. The van der Waals surface area contributed by atoms with Crippen LogP contribution in [-0.4, -0.2) is 14.5 Å². The zero-order valence-electron chi connectivity index (χ0n) is 42.3. The van der Waals surface area contributed by atoms with Gasteiger partial charge in [0.25, 0.3) is 0 Å². The number of hydrogen-bond donors (Lipinski definition) is 0. The third-order valence-electron chi connectivity index (χ3n) is 15.6. The van der Waals surface area contributed by atoms with Crippen molar-refractivity contribution in [2.24, 2.45) is 0 Å². The van der Waals surface area contributed by atoms with Crippen molar-refractivity contribution in [1.29, 1.82) is 0 Å². The molecule has 0 amide bonds. The van der Waals surface area contributed by atoms with Crippen molar-refractivity contribution in [3.05, 3.63) is 284 Å². The molecular weight excluding hydrogens is 919 g/mol. The molecule has 0 saturated carbocycles. The summed E-state index contributed by atoms with van der Waals surface area (Å²) in [7, 11) is 0. The highest BCUT2D eigenvalue weighted by molar-refractivity contribution is 6.12. The predicted octanol–water partition coefficient (Wildman–Crippen LogP) is 19.2. The van der Waals surface area contributed by atoms with Crippen LogP contribution >= 0.6 is 0 Å². The summed E-state index contributed by atoms with van der Waals surface area (Å²) in [5.41, 5.74) is 25.0. The van der Waals surface area contributed by atoms with Crippen LogP contribution in [-0.2, 0) is 5.41 Å². The second-order valence-corrected chi connectivity index (χ2v) is 20.5. The first kappa shape index (κ1) is 45.0. The molecule has 0 saturated heterocycles. The molecule has 2 aromatic heterocycles. The van der Waals surface area contributed by atoms with Gasteiger partial charge in [-0.3, -0.25) is 0 Å². The van der Waals surface area contributed by atoms with Crippen molar-refractivity contribution in [2.45, 2.75) is 19.3 Å². The molecule has 1 aliphatic rings. The average molecular weight is 970 g/mol. The Balaban J connectivity index is 0.995. The molecule has 0 atom stereocenters. The Morgan fingerprint density at radius 2 is 0.816 bits per heavy atom. The zero-order valence-corrected chi connectivity index (χ0v) is 42.3. The van der Waals surface area contributed by atoms with E-state index in [0.29, 0.717) is 5.82 Å². The van der Waals surface area contributed by atoms with Crippen LogP contribution in [0, 0.1) is 0 Å². The van der Waals surface area contributed by atoms with Crippen LogP contribution in [0.5, 0.6) is 0 Å². The zero-order chi connectivity index (χ0) is 50.7. The van der Waals surface area contributed by atoms with Crippen LogP contribution in [0.3, 0.4) is 0 Å². The first-order chi connectivity index (χ1) is 37.4. The number of hydrogen-bond acceptors (Lipinski definition) is 2. The number of para-hydroxylation sites is 1. The van der Waals surface area contributed by atoms with Gasteiger partial charge in [0.1, 0.15) is 0 Å². The molecule has 0 bridgehead atoms. The van der Waals surface area contributed by atoms with E-state index in [9.17, 15) is 0 Å². The van der Waals surface area contributed by atoms with Crippen molar-refractivity contribution in [2.75, 3.05) is 0 Å². The fourth-order valence-electron chi connectivity index (χ4n) is 11.9. The topological polar surface area (TPSA) is 30.7 Å². The Morgan fingerprint density at radius 1 is 0.289 bits per heavy atom. The van der Waals surface area contributed by atoms with E-state index in [0.717, 1.165) is 83.8 Å². The number of fused-ring (bicyclic) bond motifs is 6. The molecule has 14 rings (SSSR count). The normalized spacial score (nSPS) is 12.4. The van der Waals surface area contributed by atoms with Gasteiger partial charge in [-0.2, -0.15) is 0 Å². The molecule has 1 aliphatic carbocycles. The van der Waals surface area contributed by atoms with E-state index in [1.54, 1.807) is 0 Å². The monoisotopic (exact) mass is 969 g/mol. The van der Waals surface area contributed by atoms with E-state index in [1.807, 2.05) is 12.1 Å². The van der Waals surface area contributed by atoms with E-state index in [2.05, 4.69) is 279 Å². The maximum Gasteiger partial charge on any atom is 0.160 e. The minimum atomic E-state index is -0.124. The van der Waals surface area contributed by atoms with Gasteiger partial charge in [-0.1, -0.05) is 232 Å².